The fourth-order valence-electron chi connectivity index (χ4n) is 2.96. The number of halogens is 1. The average molecular weight is 427 g/mol. The highest BCUT2D eigenvalue weighted by atomic mass is 32.2. The zero-order valence-electron chi connectivity index (χ0n) is 16.8. The van der Waals surface area contributed by atoms with Crippen molar-refractivity contribution in [3.05, 3.63) is 95.3 Å². The lowest BCUT2D eigenvalue weighted by Gasteiger charge is -2.18. The molecular formula is C23H23FN2O3S. The van der Waals surface area contributed by atoms with E-state index in [1.165, 1.54) is 29.8 Å². The van der Waals surface area contributed by atoms with E-state index in [1.54, 1.807) is 24.1 Å². The van der Waals surface area contributed by atoms with Crippen LogP contribution in [-0.4, -0.2) is 26.3 Å². The Morgan fingerprint density at radius 2 is 1.47 bits per heavy atom. The average Bonchev–Trinajstić information content (AvgIpc) is 2.74. The van der Waals surface area contributed by atoms with Gasteiger partial charge in [0.05, 0.1) is 4.90 Å². The molecule has 0 unspecified atom stereocenters. The number of hydrogen-bond acceptors (Lipinski definition) is 3. The highest BCUT2D eigenvalue weighted by Crippen LogP contribution is 2.18. The Morgan fingerprint density at radius 1 is 0.900 bits per heavy atom. The van der Waals surface area contributed by atoms with Crippen molar-refractivity contribution < 1.29 is 17.6 Å². The fourth-order valence-corrected chi connectivity index (χ4v) is 4.01. The molecule has 3 aromatic carbocycles. The third-order valence-corrected chi connectivity index (χ3v) is 6.10. The second kappa shape index (κ2) is 9.09. The van der Waals surface area contributed by atoms with Crippen LogP contribution < -0.4 is 4.72 Å². The van der Waals surface area contributed by atoms with Crippen molar-refractivity contribution in [1.29, 1.82) is 0 Å². The van der Waals surface area contributed by atoms with Gasteiger partial charge in [-0.25, -0.2) is 12.8 Å². The number of rotatable bonds is 7. The molecule has 0 atom stereocenters. The van der Waals surface area contributed by atoms with Crippen LogP contribution in [0, 0.1) is 5.82 Å². The maximum absolute atomic E-state index is 13.0. The van der Waals surface area contributed by atoms with E-state index < -0.39 is 15.8 Å². The van der Waals surface area contributed by atoms with Crippen LogP contribution in [0.3, 0.4) is 0 Å². The standard InChI is InChI=1S/C23H23FN2O3S/c1-3-17-4-6-18(7-5-17)16-26(2)23(27)19-8-12-21(13-9-19)25-30(28,29)22-14-10-20(24)11-15-22/h4-15,25H,3,16H2,1-2H3. The first-order valence-electron chi connectivity index (χ1n) is 9.50. The van der Waals surface area contributed by atoms with E-state index in [0.29, 0.717) is 17.8 Å². The number of carbonyl (C=O) groups is 1. The van der Waals surface area contributed by atoms with Gasteiger partial charge in [0.1, 0.15) is 5.82 Å². The minimum absolute atomic E-state index is 0.0436. The van der Waals surface area contributed by atoms with E-state index >= 15 is 0 Å². The summed E-state index contributed by atoms with van der Waals surface area (Å²) in [4.78, 5) is 14.2. The third-order valence-electron chi connectivity index (χ3n) is 4.71. The minimum atomic E-state index is -3.84. The topological polar surface area (TPSA) is 66.5 Å². The van der Waals surface area contributed by atoms with Crippen molar-refractivity contribution in [2.75, 3.05) is 11.8 Å². The Balaban J connectivity index is 1.66. The number of nitrogens with one attached hydrogen (secondary N) is 1. The summed E-state index contributed by atoms with van der Waals surface area (Å²) in [6.07, 6.45) is 0.965. The van der Waals surface area contributed by atoms with E-state index in [2.05, 4.69) is 23.8 Å². The Labute approximate surface area is 176 Å². The van der Waals surface area contributed by atoms with Gasteiger partial charge >= 0.3 is 0 Å². The van der Waals surface area contributed by atoms with Crippen LogP contribution in [0.5, 0.6) is 0 Å². The number of aryl methyl sites for hydroxylation is 1. The van der Waals surface area contributed by atoms with Crippen LogP contribution >= 0.6 is 0 Å². The second-order valence-electron chi connectivity index (χ2n) is 6.97. The van der Waals surface area contributed by atoms with Crippen LogP contribution in [0.4, 0.5) is 10.1 Å². The van der Waals surface area contributed by atoms with E-state index in [1.807, 2.05) is 12.1 Å². The number of nitrogens with zero attached hydrogens (tertiary/aromatic N) is 1. The summed E-state index contributed by atoms with van der Waals surface area (Å²) >= 11 is 0. The maximum Gasteiger partial charge on any atom is 0.261 e. The molecule has 3 rings (SSSR count). The Kier molecular flexibility index (Phi) is 6.52. The monoisotopic (exact) mass is 426 g/mol. The molecule has 1 amide bonds. The molecule has 3 aromatic rings. The van der Waals surface area contributed by atoms with Crippen LogP contribution in [0.15, 0.2) is 77.7 Å². The molecule has 0 radical (unpaired) electrons. The molecule has 1 N–H and O–H groups in total. The molecule has 0 spiro atoms. The lowest BCUT2D eigenvalue weighted by molar-refractivity contribution is 0.0785. The van der Waals surface area contributed by atoms with E-state index in [0.717, 1.165) is 24.1 Å². The molecule has 0 aliphatic rings. The van der Waals surface area contributed by atoms with Gasteiger partial charge in [0.2, 0.25) is 0 Å². The molecule has 0 saturated heterocycles. The quantitative estimate of drug-likeness (QED) is 0.607. The summed E-state index contributed by atoms with van der Waals surface area (Å²) in [5, 5.41) is 0. The van der Waals surface area contributed by atoms with Gasteiger partial charge in [-0.1, -0.05) is 31.2 Å². The van der Waals surface area contributed by atoms with E-state index in [9.17, 15) is 17.6 Å². The van der Waals surface area contributed by atoms with Crippen molar-refractivity contribution in [1.82, 2.24) is 4.90 Å². The number of anilines is 1. The molecule has 30 heavy (non-hydrogen) atoms. The Bertz CT molecular complexity index is 1110. The smallest absolute Gasteiger partial charge is 0.261 e. The molecule has 0 aliphatic heterocycles. The predicted molar refractivity (Wildman–Crippen MR) is 115 cm³/mol. The number of benzene rings is 3. The molecule has 0 fully saturated rings. The molecule has 0 heterocycles. The highest BCUT2D eigenvalue weighted by molar-refractivity contribution is 7.92. The number of hydrogen-bond donors (Lipinski definition) is 1. The van der Waals surface area contributed by atoms with Crippen LogP contribution in [0.2, 0.25) is 0 Å². The van der Waals surface area contributed by atoms with Crippen molar-refractivity contribution in [2.45, 2.75) is 24.8 Å². The molecule has 0 bridgehead atoms. The van der Waals surface area contributed by atoms with Gasteiger partial charge in [-0.15, -0.1) is 0 Å². The second-order valence-corrected chi connectivity index (χ2v) is 8.65. The lowest BCUT2D eigenvalue weighted by Crippen LogP contribution is -2.26. The Morgan fingerprint density at radius 3 is 2.03 bits per heavy atom. The largest absolute Gasteiger partial charge is 0.337 e. The van der Waals surface area contributed by atoms with E-state index in [-0.39, 0.29) is 10.8 Å². The summed E-state index contributed by atoms with van der Waals surface area (Å²) in [7, 11) is -2.11. The zero-order chi connectivity index (χ0) is 21.7. The molecule has 0 saturated carbocycles. The summed E-state index contributed by atoms with van der Waals surface area (Å²) < 4.78 is 40.2. The number of carbonyl (C=O) groups excluding carboxylic acids is 1. The normalized spacial score (nSPS) is 11.2. The fraction of sp³-hybridized carbons (Fsp3) is 0.174. The molecule has 5 nitrogen and oxygen atoms in total. The van der Waals surface area contributed by atoms with Gasteiger partial charge < -0.3 is 4.90 Å². The maximum atomic E-state index is 13.0. The van der Waals surface area contributed by atoms with Gasteiger partial charge in [0.25, 0.3) is 15.9 Å². The SMILES string of the molecule is CCc1ccc(CN(C)C(=O)c2ccc(NS(=O)(=O)c3ccc(F)cc3)cc2)cc1. The summed E-state index contributed by atoms with van der Waals surface area (Å²) in [6.45, 7) is 2.57. The van der Waals surface area contributed by atoms with Crippen molar-refractivity contribution in [3.63, 3.8) is 0 Å². The Hall–Kier alpha value is -3.19. The third kappa shape index (κ3) is 5.24. The molecular weight excluding hydrogens is 403 g/mol. The van der Waals surface area contributed by atoms with Crippen molar-refractivity contribution in [3.8, 4) is 0 Å². The molecule has 0 aliphatic carbocycles. The zero-order valence-corrected chi connectivity index (χ0v) is 17.6. The summed E-state index contributed by atoms with van der Waals surface area (Å²) in [6, 6.07) is 18.9. The summed E-state index contributed by atoms with van der Waals surface area (Å²) in [5.41, 5.74) is 3.04. The first-order chi connectivity index (χ1) is 14.3. The number of sulfonamides is 1. The molecule has 7 heteroatoms. The van der Waals surface area contributed by atoms with Crippen molar-refractivity contribution in [2.24, 2.45) is 0 Å². The van der Waals surface area contributed by atoms with Gasteiger partial charge in [-0.05, 0) is 66.1 Å². The first-order valence-corrected chi connectivity index (χ1v) is 11.0. The lowest BCUT2D eigenvalue weighted by atomic mass is 10.1. The number of amides is 1. The van der Waals surface area contributed by atoms with Crippen LogP contribution in [0.25, 0.3) is 0 Å². The van der Waals surface area contributed by atoms with Crippen LogP contribution in [-0.2, 0) is 23.0 Å². The van der Waals surface area contributed by atoms with Crippen LogP contribution in [0.1, 0.15) is 28.4 Å². The van der Waals surface area contributed by atoms with Gasteiger partial charge in [-0.2, -0.15) is 0 Å². The first kappa shape index (κ1) is 21.5. The predicted octanol–water partition coefficient (Wildman–Crippen LogP) is 4.46. The van der Waals surface area contributed by atoms with E-state index in [4.69, 9.17) is 0 Å². The minimum Gasteiger partial charge on any atom is -0.337 e. The van der Waals surface area contributed by atoms with Gasteiger partial charge in [0.15, 0.2) is 0 Å². The van der Waals surface area contributed by atoms with Crippen molar-refractivity contribution >= 4 is 21.6 Å². The highest BCUT2D eigenvalue weighted by Gasteiger charge is 2.16. The van der Waals surface area contributed by atoms with Gasteiger partial charge in [0, 0.05) is 24.8 Å². The molecule has 156 valence electrons. The summed E-state index contributed by atoms with van der Waals surface area (Å²) in [5.74, 6) is -0.676. The van der Waals surface area contributed by atoms with Gasteiger partial charge in [-0.3, -0.25) is 9.52 Å². The molecule has 0 aromatic heterocycles.